The van der Waals surface area contributed by atoms with Crippen LogP contribution in [0.5, 0.6) is 0 Å². The van der Waals surface area contributed by atoms with Crippen molar-refractivity contribution in [2.75, 3.05) is 7.11 Å². The Bertz CT molecular complexity index is 606. The van der Waals surface area contributed by atoms with Gasteiger partial charge in [-0.15, -0.1) is 6.58 Å². The Labute approximate surface area is 146 Å². The Morgan fingerprint density at radius 2 is 1.83 bits per heavy atom. The van der Waals surface area contributed by atoms with Crippen molar-refractivity contribution < 1.29 is 14.6 Å². The lowest BCUT2D eigenvalue weighted by Gasteiger charge is -2.60. The van der Waals surface area contributed by atoms with E-state index in [0.717, 1.165) is 51.4 Å². The quantitative estimate of drug-likeness (QED) is 0.596. The lowest BCUT2D eigenvalue weighted by atomic mass is 9.47. The summed E-state index contributed by atoms with van der Waals surface area (Å²) in [5.41, 5.74) is 1.19. The molecule has 0 spiro atoms. The van der Waals surface area contributed by atoms with Gasteiger partial charge < -0.3 is 9.84 Å². The molecule has 0 heterocycles. The van der Waals surface area contributed by atoms with E-state index in [1.165, 1.54) is 18.3 Å². The highest BCUT2D eigenvalue weighted by molar-refractivity contribution is 5.81. The van der Waals surface area contributed by atoms with Crippen LogP contribution < -0.4 is 0 Å². The molecular formula is C21H32O3. The predicted octanol–water partition coefficient (Wildman–Crippen LogP) is 4.55. The molecule has 0 aromatic rings. The minimum atomic E-state index is -0.693. The average Bonchev–Trinajstić information content (AvgIpc) is 2.56. The minimum absolute atomic E-state index is 0.00659. The third kappa shape index (κ3) is 2.23. The Morgan fingerprint density at radius 1 is 1.12 bits per heavy atom. The van der Waals surface area contributed by atoms with Gasteiger partial charge in [-0.3, -0.25) is 4.79 Å². The topological polar surface area (TPSA) is 46.5 Å². The van der Waals surface area contributed by atoms with E-state index in [-0.39, 0.29) is 16.8 Å². The van der Waals surface area contributed by atoms with Gasteiger partial charge in [0.15, 0.2) is 0 Å². The molecule has 0 bridgehead atoms. The second kappa shape index (κ2) is 5.45. The maximum absolute atomic E-state index is 12.5. The Kier molecular flexibility index (Phi) is 4.03. The van der Waals surface area contributed by atoms with Gasteiger partial charge in [-0.1, -0.05) is 31.1 Å². The van der Waals surface area contributed by atoms with Crippen molar-refractivity contribution in [3.05, 3.63) is 23.8 Å². The van der Waals surface area contributed by atoms with Crippen LogP contribution >= 0.6 is 0 Å². The third-order valence-corrected chi connectivity index (χ3v) is 7.64. The minimum Gasteiger partial charge on any atom is -0.468 e. The van der Waals surface area contributed by atoms with E-state index in [9.17, 15) is 9.90 Å². The highest BCUT2D eigenvalue weighted by Crippen LogP contribution is 2.64. The first kappa shape index (κ1) is 17.7. The van der Waals surface area contributed by atoms with Crippen LogP contribution in [0.15, 0.2) is 23.8 Å². The number of hydrogen-bond acceptors (Lipinski definition) is 3. The van der Waals surface area contributed by atoms with E-state index >= 15 is 0 Å². The monoisotopic (exact) mass is 332 g/mol. The van der Waals surface area contributed by atoms with E-state index in [1.807, 2.05) is 13.0 Å². The maximum atomic E-state index is 12.5. The van der Waals surface area contributed by atoms with Crippen LogP contribution in [-0.2, 0) is 9.53 Å². The van der Waals surface area contributed by atoms with Gasteiger partial charge in [0.05, 0.1) is 18.1 Å². The first-order valence-electron chi connectivity index (χ1n) is 9.32. The summed E-state index contributed by atoms with van der Waals surface area (Å²) in [7, 11) is 1.49. The lowest BCUT2D eigenvalue weighted by molar-refractivity contribution is -0.153. The molecule has 134 valence electrons. The summed E-state index contributed by atoms with van der Waals surface area (Å²) in [4.78, 5) is 12.5. The lowest BCUT2D eigenvalue weighted by Crippen LogP contribution is -2.57. The summed E-state index contributed by atoms with van der Waals surface area (Å²) in [6, 6.07) is 0. The molecular weight excluding hydrogens is 300 g/mol. The molecule has 1 fully saturated rings. The number of methoxy groups -OCH3 is 1. The molecule has 1 saturated carbocycles. The number of ether oxygens (including phenoxy) is 1. The number of carbonyl (C=O) groups is 1. The van der Waals surface area contributed by atoms with Crippen molar-refractivity contribution >= 4 is 5.97 Å². The van der Waals surface area contributed by atoms with E-state index < -0.39 is 11.0 Å². The number of aliphatic hydroxyl groups is 1. The molecule has 0 aromatic heterocycles. The first-order valence-corrected chi connectivity index (χ1v) is 9.32. The number of rotatable bonds is 2. The van der Waals surface area contributed by atoms with Gasteiger partial charge in [-0.25, -0.2) is 0 Å². The first-order chi connectivity index (χ1) is 11.1. The van der Waals surface area contributed by atoms with Gasteiger partial charge in [0.2, 0.25) is 0 Å². The standard InChI is InChI=1S/C21H32O3/c1-6-18(2)12-13-20(4)16-8-7-10-19(3,17(22)24-5)15(16)9-11-21(20,23)14-18/h6,23H,1,7-14H2,2-5H3/t18-,19+,20-,21+/m0/s1. The van der Waals surface area contributed by atoms with Gasteiger partial charge in [0, 0.05) is 5.41 Å². The maximum Gasteiger partial charge on any atom is 0.315 e. The summed E-state index contributed by atoms with van der Waals surface area (Å²) in [5, 5.41) is 11.6. The van der Waals surface area contributed by atoms with Crippen molar-refractivity contribution in [3.63, 3.8) is 0 Å². The molecule has 3 aliphatic rings. The average molecular weight is 332 g/mol. The van der Waals surface area contributed by atoms with Gasteiger partial charge in [-0.05, 0) is 63.7 Å². The van der Waals surface area contributed by atoms with Crippen LogP contribution in [0.4, 0.5) is 0 Å². The Hall–Kier alpha value is -1.09. The van der Waals surface area contributed by atoms with Gasteiger partial charge in [0.1, 0.15) is 0 Å². The zero-order valence-corrected chi connectivity index (χ0v) is 15.7. The zero-order chi connectivity index (χ0) is 17.8. The van der Waals surface area contributed by atoms with Crippen LogP contribution in [-0.4, -0.2) is 23.8 Å². The summed E-state index contributed by atoms with van der Waals surface area (Å²) in [6.45, 7) is 10.5. The molecule has 0 aliphatic heterocycles. The number of allylic oxidation sites excluding steroid dienone is 1. The van der Waals surface area contributed by atoms with Crippen molar-refractivity contribution in [3.8, 4) is 0 Å². The highest BCUT2D eigenvalue weighted by Gasteiger charge is 2.59. The summed E-state index contributed by atoms with van der Waals surface area (Å²) in [6.07, 6.45) is 9.19. The summed E-state index contributed by atoms with van der Waals surface area (Å²) < 4.78 is 5.14. The Morgan fingerprint density at radius 3 is 2.46 bits per heavy atom. The second-order valence-electron chi connectivity index (χ2n) is 9.03. The van der Waals surface area contributed by atoms with Crippen molar-refractivity contribution in [1.29, 1.82) is 0 Å². The summed E-state index contributed by atoms with van der Waals surface area (Å²) >= 11 is 0. The SMILES string of the molecule is C=C[C@@]1(C)CC[C@@]2(C)C3=C(CC[C@@]2(O)C1)[C@](C)(C(=O)OC)CCC3. The molecule has 3 heteroatoms. The molecule has 24 heavy (non-hydrogen) atoms. The molecule has 0 unspecified atom stereocenters. The van der Waals surface area contributed by atoms with Gasteiger partial charge in [0.25, 0.3) is 0 Å². The van der Waals surface area contributed by atoms with E-state index in [4.69, 9.17) is 4.74 Å². The predicted molar refractivity (Wildman–Crippen MR) is 95.4 cm³/mol. The van der Waals surface area contributed by atoms with Crippen molar-refractivity contribution in [2.45, 2.75) is 77.7 Å². The van der Waals surface area contributed by atoms with Crippen molar-refractivity contribution in [1.82, 2.24) is 0 Å². The molecule has 0 radical (unpaired) electrons. The van der Waals surface area contributed by atoms with Crippen molar-refractivity contribution in [2.24, 2.45) is 16.2 Å². The van der Waals surface area contributed by atoms with Crippen LogP contribution in [0.1, 0.15) is 72.1 Å². The molecule has 3 aliphatic carbocycles. The smallest absolute Gasteiger partial charge is 0.315 e. The molecule has 1 N–H and O–H groups in total. The second-order valence-corrected chi connectivity index (χ2v) is 9.03. The number of fused-ring (bicyclic) bond motifs is 2. The zero-order valence-electron chi connectivity index (χ0n) is 15.7. The fourth-order valence-corrected chi connectivity index (χ4v) is 5.76. The largest absolute Gasteiger partial charge is 0.468 e. The third-order valence-electron chi connectivity index (χ3n) is 7.64. The number of carbonyl (C=O) groups excluding carboxylic acids is 1. The fourth-order valence-electron chi connectivity index (χ4n) is 5.76. The normalized spacial score (nSPS) is 45.2. The molecule has 3 rings (SSSR count). The summed E-state index contributed by atoms with van der Waals surface area (Å²) in [5.74, 6) is -0.115. The van der Waals surface area contributed by atoms with E-state index in [0.29, 0.717) is 0 Å². The van der Waals surface area contributed by atoms with Gasteiger partial charge in [-0.2, -0.15) is 0 Å². The van der Waals surface area contributed by atoms with Crippen LogP contribution in [0, 0.1) is 16.2 Å². The molecule has 0 amide bonds. The number of hydrogen-bond donors (Lipinski definition) is 1. The van der Waals surface area contributed by atoms with Crippen LogP contribution in [0.3, 0.4) is 0 Å². The molecule has 0 saturated heterocycles. The van der Waals surface area contributed by atoms with Crippen LogP contribution in [0.2, 0.25) is 0 Å². The van der Waals surface area contributed by atoms with Gasteiger partial charge >= 0.3 is 5.97 Å². The van der Waals surface area contributed by atoms with E-state index in [2.05, 4.69) is 20.4 Å². The van der Waals surface area contributed by atoms with Crippen LogP contribution in [0.25, 0.3) is 0 Å². The number of esters is 1. The molecule has 0 aromatic carbocycles. The molecule has 3 nitrogen and oxygen atoms in total. The van der Waals surface area contributed by atoms with E-state index in [1.54, 1.807) is 0 Å². The highest BCUT2D eigenvalue weighted by atomic mass is 16.5. The Balaban J connectivity index is 2.08. The fraction of sp³-hybridized carbons (Fsp3) is 0.762. The molecule has 4 atom stereocenters.